The summed E-state index contributed by atoms with van der Waals surface area (Å²) in [6, 6.07) is -0.829. The van der Waals surface area contributed by atoms with Crippen molar-refractivity contribution in [2.75, 3.05) is 5.32 Å². The van der Waals surface area contributed by atoms with E-state index in [1.807, 2.05) is 0 Å². The third kappa shape index (κ3) is 3.98. The Morgan fingerprint density at radius 2 is 1.83 bits per heavy atom. The highest BCUT2D eigenvalue weighted by molar-refractivity contribution is 5.89. The highest BCUT2D eigenvalue weighted by Gasteiger charge is 2.37. The number of alkyl halides is 3. The van der Waals surface area contributed by atoms with Crippen molar-refractivity contribution in [3.8, 4) is 0 Å². The van der Waals surface area contributed by atoms with Crippen LogP contribution in [-0.2, 0) is 18.0 Å². The summed E-state index contributed by atoms with van der Waals surface area (Å²) < 4.78 is 39.4. The quantitative estimate of drug-likeness (QED) is 0.782. The van der Waals surface area contributed by atoms with E-state index in [4.69, 9.17) is 5.11 Å². The molecular formula is C14H19F3N4O3. The molecule has 0 aromatic carbocycles. The van der Waals surface area contributed by atoms with E-state index in [2.05, 4.69) is 15.7 Å². The third-order valence-corrected chi connectivity index (χ3v) is 4.20. The van der Waals surface area contributed by atoms with Gasteiger partial charge in [-0.1, -0.05) is 0 Å². The lowest BCUT2D eigenvalue weighted by Gasteiger charge is -2.26. The first kappa shape index (κ1) is 18.1. The minimum atomic E-state index is -4.59. The van der Waals surface area contributed by atoms with E-state index in [-0.39, 0.29) is 17.4 Å². The average Bonchev–Trinajstić information content (AvgIpc) is 2.76. The largest absolute Gasteiger partial charge is 0.481 e. The average molecular weight is 348 g/mol. The van der Waals surface area contributed by atoms with Gasteiger partial charge in [-0.05, 0) is 32.6 Å². The van der Waals surface area contributed by atoms with E-state index in [9.17, 15) is 22.8 Å². The summed E-state index contributed by atoms with van der Waals surface area (Å²) in [5.41, 5.74) is -1.20. The van der Waals surface area contributed by atoms with Crippen LogP contribution in [0.1, 0.15) is 36.9 Å². The van der Waals surface area contributed by atoms with E-state index in [1.54, 1.807) is 0 Å². The summed E-state index contributed by atoms with van der Waals surface area (Å²) in [6.07, 6.45) is -2.63. The van der Waals surface area contributed by atoms with Crippen molar-refractivity contribution in [1.82, 2.24) is 15.1 Å². The molecule has 1 saturated carbocycles. The minimum Gasteiger partial charge on any atom is -0.481 e. The number of nitrogens with one attached hydrogen (secondary N) is 2. The number of nitrogens with zero attached hydrogens (tertiary/aromatic N) is 2. The molecule has 3 N–H and O–H groups in total. The molecule has 0 saturated heterocycles. The number of urea groups is 1. The van der Waals surface area contributed by atoms with Crippen LogP contribution in [0.4, 0.5) is 23.8 Å². The molecule has 1 aromatic rings. The monoisotopic (exact) mass is 348 g/mol. The Morgan fingerprint density at radius 1 is 1.25 bits per heavy atom. The number of hydrogen-bond donors (Lipinski definition) is 3. The number of carboxylic acids is 1. The first-order valence-corrected chi connectivity index (χ1v) is 7.50. The Balaban J connectivity index is 1.96. The molecule has 1 aromatic heterocycles. The summed E-state index contributed by atoms with van der Waals surface area (Å²) in [5, 5.41) is 17.4. The number of aromatic nitrogens is 2. The third-order valence-electron chi connectivity index (χ3n) is 4.20. The van der Waals surface area contributed by atoms with Gasteiger partial charge in [-0.25, -0.2) is 4.79 Å². The molecular weight excluding hydrogens is 329 g/mol. The van der Waals surface area contributed by atoms with Gasteiger partial charge in [0.15, 0.2) is 5.69 Å². The number of carbonyl (C=O) groups is 2. The molecule has 24 heavy (non-hydrogen) atoms. The first-order chi connectivity index (χ1) is 11.1. The zero-order valence-corrected chi connectivity index (χ0v) is 13.3. The highest BCUT2D eigenvalue weighted by atomic mass is 19.4. The SMILES string of the molecule is Cc1c(C(F)(F)F)nn(C)c1NC(=O)NC1CCC(C(=O)O)CC1. The van der Waals surface area contributed by atoms with Crippen molar-refractivity contribution in [2.45, 2.75) is 44.8 Å². The normalized spacial score (nSPS) is 21.4. The molecule has 0 spiro atoms. The Labute approximate surface area is 136 Å². The number of hydrogen-bond acceptors (Lipinski definition) is 3. The molecule has 0 unspecified atom stereocenters. The second kappa shape index (κ2) is 6.70. The van der Waals surface area contributed by atoms with Crippen LogP contribution < -0.4 is 10.6 Å². The standard InChI is InChI=1S/C14H19F3N4O3/c1-7-10(14(15,16)17)20-21(2)11(7)19-13(24)18-9-5-3-8(4-6-9)12(22)23/h8-9H,3-6H2,1-2H3,(H,22,23)(H2,18,19,24). The van der Waals surface area contributed by atoms with Crippen LogP contribution in [0.3, 0.4) is 0 Å². The van der Waals surface area contributed by atoms with Crippen LogP contribution in [0, 0.1) is 12.8 Å². The molecule has 0 aliphatic heterocycles. The van der Waals surface area contributed by atoms with Crippen LogP contribution in [0.2, 0.25) is 0 Å². The number of aryl methyl sites for hydroxylation is 1. The Hall–Kier alpha value is -2.26. The van der Waals surface area contributed by atoms with Gasteiger partial charge in [0.25, 0.3) is 0 Å². The maximum Gasteiger partial charge on any atom is 0.435 e. The first-order valence-electron chi connectivity index (χ1n) is 7.50. The molecule has 1 heterocycles. The lowest BCUT2D eigenvalue weighted by Crippen LogP contribution is -2.41. The van der Waals surface area contributed by atoms with E-state index in [1.165, 1.54) is 14.0 Å². The summed E-state index contributed by atoms with van der Waals surface area (Å²) in [5.74, 6) is -1.28. The molecule has 0 radical (unpaired) electrons. The fourth-order valence-electron chi connectivity index (χ4n) is 2.89. The molecule has 2 rings (SSSR count). The number of carboxylic acid groups (broad SMARTS) is 1. The molecule has 1 fully saturated rings. The van der Waals surface area contributed by atoms with Crippen molar-refractivity contribution in [2.24, 2.45) is 13.0 Å². The highest BCUT2D eigenvalue weighted by Crippen LogP contribution is 2.33. The molecule has 0 atom stereocenters. The summed E-state index contributed by atoms with van der Waals surface area (Å²) >= 11 is 0. The van der Waals surface area contributed by atoms with Crippen molar-refractivity contribution in [1.29, 1.82) is 0 Å². The van der Waals surface area contributed by atoms with E-state index < -0.39 is 29.8 Å². The zero-order chi connectivity index (χ0) is 18.1. The van der Waals surface area contributed by atoms with Gasteiger partial charge in [0.2, 0.25) is 0 Å². The number of amides is 2. The molecule has 7 nitrogen and oxygen atoms in total. The number of halogens is 3. The van der Waals surface area contributed by atoms with Gasteiger partial charge in [0.05, 0.1) is 5.92 Å². The molecule has 134 valence electrons. The second-order valence-electron chi connectivity index (χ2n) is 5.93. The van der Waals surface area contributed by atoms with E-state index >= 15 is 0 Å². The predicted molar refractivity (Wildman–Crippen MR) is 78.5 cm³/mol. The molecule has 2 amide bonds. The summed E-state index contributed by atoms with van der Waals surface area (Å²) in [7, 11) is 1.32. The van der Waals surface area contributed by atoms with Gasteiger partial charge in [-0.3, -0.25) is 14.8 Å². The van der Waals surface area contributed by atoms with Crippen LogP contribution >= 0.6 is 0 Å². The number of rotatable bonds is 3. The van der Waals surface area contributed by atoms with Gasteiger partial charge in [0.1, 0.15) is 5.82 Å². The van der Waals surface area contributed by atoms with E-state index in [0.29, 0.717) is 25.7 Å². The van der Waals surface area contributed by atoms with Crippen molar-refractivity contribution in [3.05, 3.63) is 11.3 Å². The topological polar surface area (TPSA) is 96.3 Å². The van der Waals surface area contributed by atoms with Gasteiger partial charge in [-0.15, -0.1) is 0 Å². The number of carbonyl (C=O) groups excluding carboxylic acids is 1. The van der Waals surface area contributed by atoms with Gasteiger partial charge in [0, 0.05) is 18.7 Å². The fraction of sp³-hybridized carbons (Fsp3) is 0.643. The fourth-order valence-corrected chi connectivity index (χ4v) is 2.89. The summed E-state index contributed by atoms with van der Waals surface area (Å²) in [4.78, 5) is 22.9. The van der Waals surface area contributed by atoms with Crippen molar-refractivity contribution < 1.29 is 27.9 Å². The van der Waals surface area contributed by atoms with E-state index in [0.717, 1.165) is 4.68 Å². The van der Waals surface area contributed by atoms with Gasteiger partial charge < -0.3 is 10.4 Å². The van der Waals surface area contributed by atoms with Gasteiger partial charge >= 0.3 is 18.2 Å². The smallest absolute Gasteiger partial charge is 0.435 e. The predicted octanol–water partition coefficient (Wildman–Crippen LogP) is 2.51. The zero-order valence-electron chi connectivity index (χ0n) is 13.3. The van der Waals surface area contributed by atoms with Crippen LogP contribution in [-0.4, -0.2) is 32.9 Å². The van der Waals surface area contributed by atoms with Gasteiger partial charge in [-0.2, -0.15) is 18.3 Å². The summed E-state index contributed by atoms with van der Waals surface area (Å²) in [6.45, 7) is 1.24. The van der Waals surface area contributed by atoms with Crippen LogP contribution in [0.25, 0.3) is 0 Å². The Kier molecular flexibility index (Phi) is 5.05. The van der Waals surface area contributed by atoms with Crippen molar-refractivity contribution in [3.63, 3.8) is 0 Å². The lowest BCUT2D eigenvalue weighted by molar-refractivity contribution is -0.143. The second-order valence-corrected chi connectivity index (χ2v) is 5.93. The van der Waals surface area contributed by atoms with Crippen molar-refractivity contribution >= 4 is 17.8 Å². The molecule has 0 bridgehead atoms. The Bertz CT molecular complexity index is 634. The maximum atomic E-state index is 12.8. The molecule has 10 heteroatoms. The van der Waals surface area contributed by atoms with Crippen LogP contribution in [0.5, 0.6) is 0 Å². The number of aliphatic carboxylic acids is 1. The van der Waals surface area contributed by atoms with Crippen LogP contribution in [0.15, 0.2) is 0 Å². The maximum absolute atomic E-state index is 12.8. The lowest BCUT2D eigenvalue weighted by atomic mass is 9.86. The minimum absolute atomic E-state index is 0.0287. The molecule has 1 aliphatic rings. The molecule has 1 aliphatic carbocycles. The number of anilines is 1. The Morgan fingerprint density at radius 3 is 2.29 bits per heavy atom.